The maximum Gasteiger partial charge on any atom is 0.129 e. The Morgan fingerprint density at radius 1 is 1.05 bits per heavy atom. The molecule has 0 spiro atoms. The molecule has 0 saturated carbocycles. The minimum Gasteiger partial charge on any atom is -0.383 e. The highest BCUT2D eigenvalue weighted by molar-refractivity contribution is 5.88. The van der Waals surface area contributed by atoms with E-state index in [0.717, 1.165) is 22.4 Å². The summed E-state index contributed by atoms with van der Waals surface area (Å²) in [5, 5.41) is 8.79. The van der Waals surface area contributed by atoms with Gasteiger partial charge in [-0.05, 0) is 30.5 Å². The highest BCUT2D eigenvalue weighted by Crippen LogP contribution is 2.36. The summed E-state index contributed by atoms with van der Waals surface area (Å²) in [5.74, 6) is 0.664. The number of nitrogens with zero attached hydrogens (tertiary/aromatic N) is 4. The smallest absolute Gasteiger partial charge is 0.129 e. The maximum atomic E-state index is 6.24. The highest BCUT2D eigenvalue weighted by atomic mass is 15.3. The van der Waals surface area contributed by atoms with Crippen LogP contribution in [0.1, 0.15) is 11.1 Å². The van der Waals surface area contributed by atoms with Crippen LogP contribution in [0.5, 0.6) is 0 Å². The Balaban J connectivity index is 2.24. The second kappa shape index (κ2) is 4.77. The molecule has 0 saturated heterocycles. The average Bonchev–Trinajstić information content (AvgIpc) is 2.99. The van der Waals surface area contributed by atoms with Crippen LogP contribution in [0.4, 0.5) is 5.82 Å². The third-order valence-electron chi connectivity index (χ3n) is 3.87. The Morgan fingerprint density at radius 2 is 1.81 bits per heavy atom. The van der Waals surface area contributed by atoms with Crippen LogP contribution in [0.25, 0.3) is 22.4 Å². The van der Waals surface area contributed by atoms with E-state index in [1.807, 2.05) is 26.5 Å². The molecule has 0 aliphatic rings. The van der Waals surface area contributed by atoms with Gasteiger partial charge in [-0.2, -0.15) is 10.2 Å². The van der Waals surface area contributed by atoms with Gasteiger partial charge in [0.1, 0.15) is 11.5 Å². The van der Waals surface area contributed by atoms with E-state index >= 15 is 0 Å². The van der Waals surface area contributed by atoms with E-state index in [0.29, 0.717) is 5.82 Å². The zero-order valence-corrected chi connectivity index (χ0v) is 12.8. The van der Waals surface area contributed by atoms with E-state index < -0.39 is 0 Å². The highest BCUT2D eigenvalue weighted by Gasteiger charge is 2.18. The Kier molecular flexibility index (Phi) is 3.05. The second-order valence-electron chi connectivity index (χ2n) is 5.43. The van der Waals surface area contributed by atoms with Crippen molar-refractivity contribution in [1.29, 1.82) is 0 Å². The molecular formula is C16H19N5. The molecule has 1 aromatic carbocycles. The van der Waals surface area contributed by atoms with Gasteiger partial charge in [-0.1, -0.05) is 18.2 Å². The molecule has 0 atom stereocenters. The lowest BCUT2D eigenvalue weighted by Gasteiger charge is -2.06. The van der Waals surface area contributed by atoms with Crippen molar-refractivity contribution in [1.82, 2.24) is 19.6 Å². The number of hydrogen-bond donors (Lipinski definition) is 1. The first-order valence-corrected chi connectivity index (χ1v) is 6.86. The lowest BCUT2D eigenvalue weighted by atomic mass is 9.98. The molecule has 0 bridgehead atoms. The van der Waals surface area contributed by atoms with E-state index in [1.54, 1.807) is 9.36 Å². The fraction of sp³-hybridized carbons (Fsp3) is 0.250. The zero-order valence-electron chi connectivity index (χ0n) is 12.8. The Hall–Kier alpha value is -2.56. The van der Waals surface area contributed by atoms with Crippen molar-refractivity contribution in [3.8, 4) is 22.4 Å². The van der Waals surface area contributed by atoms with E-state index in [9.17, 15) is 0 Å². The van der Waals surface area contributed by atoms with Gasteiger partial charge in [0.05, 0.1) is 11.8 Å². The van der Waals surface area contributed by atoms with Gasteiger partial charge >= 0.3 is 0 Å². The van der Waals surface area contributed by atoms with E-state index in [2.05, 4.69) is 42.2 Å². The minimum absolute atomic E-state index is 0.664. The molecule has 108 valence electrons. The monoisotopic (exact) mass is 281 g/mol. The lowest BCUT2D eigenvalue weighted by Crippen LogP contribution is -1.98. The number of rotatable bonds is 2. The quantitative estimate of drug-likeness (QED) is 0.785. The summed E-state index contributed by atoms with van der Waals surface area (Å²) in [5.41, 5.74) is 12.6. The molecule has 5 heteroatoms. The molecular weight excluding hydrogens is 262 g/mol. The number of aryl methyl sites for hydroxylation is 4. The summed E-state index contributed by atoms with van der Waals surface area (Å²) in [4.78, 5) is 0. The molecule has 0 amide bonds. The predicted octanol–water partition coefficient (Wildman–Crippen LogP) is 2.69. The Bertz CT molecular complexity index is 810. The first-order valence-electron chi connectivity index (χ1n) is 6.86. The molecule has 2 aromatic heterocycles. The first-order chi connectivity index (χ1) is 9.97. The molecule has 0 radical (unpaired) electrons. The Labute approximate surface area is 124 Å². The predicted molar refractivity (Wildman–Crippen MR) is 84.7 cm³/mol. The first kappa shape index (κ1) is 13.4. The third kappa shape index (κ3) is 2.20. The van der Waals surface area contributed by atoms with E-state index in [4.69, 9.17) is 5.73 Å². The number of hydrogen-bond acceptors (Lipinski definition) is 3. The standard InChI is InChI=1S/C16H19N5/c1-10-5-6-12(7-11(10)2)14-15(19-21(4)16(14)17)13-8-18-20(3)9-13/h5-9H,17H2,1-4H3. The molecule has 5 nitrogen and oxygen atoms in total. The Morgan fingerprint density at radius 3 is 2.43 bits per heavy atom. The number of nitrogens with two attached hydrogens (primary N) is 1. The molecule has 0 fully saturated rings. The van der Waals surface area contributed by atoms with E-state index in [1.165, 1.54) is 11.1 Å². The van der Waals surface area contributed by atoms with Gasteiger partial charge in [-0.15, -0.1) is 0 Å². The van der Waals surface area contributed by atoms with Crippen LogP contribution in [0, 0.1) is 13.8 Å². The SMILES string of the molecule is Cc1ccc(-c2c(-c3cnn(C)c3)nn(C)c2N)cc1C. The third-order valence-corrected chi connectivity index (χ3v) is 3.87. The summed E-state index contributed by atoms with van der Waals surface area (Å²) < 4.78 is 3.48. The lowest BCUT2D eigenvalue weighted by molar-refractivity contribution is 0.767. The summed E-state index contributed by atoms with van der Waals surface area (Å²) >= 11 is 0. The van der Waals surface area contributed by atoms with E-state index in [-0.39, 0.29) is 0 Å². The van der Waals surface area contributed by atoms with Crippen molar-refractivity contribution in [2.45, 2.75) is 13.8 Å². The molecule has 0 unspecified atom stereocenters. The summed E-state index contributed by atoms with van der Waals surface area (Å²) in [6.07, 6.45) is 3.76. The van der Waals surface area contributed by atoms with Gasteiger partial charge in [-0.3, -0.25) is 9.36 Å². The fourth-order valence-electron chi connectivity index (χ4n) is 2.46. The topological polar surface area (TPSA) is 61.7 Å². The van der Waals surface area contributed by atoms with Gasteiger partial charge < -0.3 is 5.73 Å². The van der Waals surface area contributed by atoms with Crippen LogP contribution in [0.3, 0.4) is 0 Å². The van der Waals surface area contributed by atoms with Crippen LogP contribution in [0.15, 0.2) is 30.6 Å². The fourth-order valence-corrected chi connectivity index (χ4v) is 2.46. The molecule has 3 rings (SSSR count). The minimum atomic E-state index is 0.664. The normalized spacial score (nSPS) is 11.0. The summed E-state index contributed by atoms with van der Waals surface area (Å²) in [6.45, 7) is 4.21. The van der Waals surface area contributed by atoms with Crippen molar-refractivity contribution >= 4 is 5.82 Å². The molecule has 0 aliphatic carbocycles. The molecule has 0 aliphatic heterocycles. The van der Waals surface area contributed by atoms with Crippen molar-refractivity contribution in [2.24, 2.45) is 14.1 Å². The van der Waals surface area contributed by atoms with Crippen LogP contribution in [-0.2, 0) is 14.1 Å². The number of anilines is 1. The van der Waals surface area contributed by atoms with Gasteiger partial charge in [-0.25, -0.2) is 0 Å². The largest absolute Gasteiger partial charge is 0.383 e. The van der Waals surface area contributed by atoms with Gasteiger partial charge in [0.25, 0.3) is 0 Å². The van der Waals surface area contributed by atoms with Crippen LogP contribution in [0.2, 0.25) is 0 Å². The molecule has 21 heavy (non-hydrogen) atoms. The summed E-state index contributed by atoms with van der Waals surface area (Å²) in [7, 11) is 3.76. The van der Waals surface area contributed by atoms with Gasteiger partial charge in [0, 0.05) is 25.9 Å². The van der Waals surface area contributed by atoms with Crippen LogP contribution >= 0.6 is 0 Å². The van der Waals surface area contributed by atoms with Gasteiger partial charge in [0.15, 0.2) is 0 Å². The van der Waals surface area contributed by atoms with Crippen molar-refractivity contribution in [3.05, 3.63) is 41.7 Å². The van der Waals surface area contributed by atoms with Gasteiger partial charge in [0.2, 0.25) is 0 Å². The van der Waals surface area contributed by atoms with Crippen LogP contribution < -0.4 is 5.73 Å². The average molecular weight is 281 g/mol. The second-order valence-corrected chi connectivity index (χ2v) is 5.43. The van der Waals surface area contributed by atoms with Crippen LogP contribution in [-0.4, -0.2) is 19.6 Å². The molecule has 2 heterocycles. The van der Waals surface area contributed by atoms with Crippen molar-refractivity contribution in [3.63, 3.8) is 0 Å². The summed E-state index contributed by atoms with van der Waals surface area (Å²) in [6, 6.07) is 6.36. The zero-order chi connectivity index (χ0) is 15.1. The van der Waals surface area contributed by atoms with Crippen molar-refractivity contribution < 1.29 is 0 Å². The molecule has 2 N–H and O–H groups in total. The number of benzene rings is 1. The van der Waals surface area contributed by atoms with Crippen molar-refractivity contribution in [2.75, 3.05) is 5.73 Å². The maximum absolute atomic E-state index is 6.24. The number of nitrogen functional groups attached to an aromatic ring is 1. The molecule has 3 aromatic rings. The number of aromatic nitrogens is 4.